The Balaban J connectivity index is 2.25. The minimum absolute atomic E-state index is 0.0378. The van der Waals surface area contributed by atoms with Gasteiger partial charge >= 0.3 is 0 Å². The first-order valence-corrected chi connectivity index (χ1v) is 6.55. The van der Waals surface area contributed by atoms with E-state index in [4.69, 9.17) is 0 Å². The monoisotopic (exact) mass is 251 g/mol. The number of Topliss-reactive ketones (excluding diaryl/α,β-unsaturated/α-hetero) is 1. The molecule has 0 saturated carbocycles. The van der Waals surface area contributed by atoms with Gasteiger partial charge < -0.3 is 0 Å². The third-order valence-corrected chi connectivity index (χ3v) is 4.28. The molecule has 17 heavy (non-hydrogen) atoms. The molecule has 1 aromatic rings. The lowest BCUT2D eigenvalue weighted by Crippen LogP contribution is -2.14. The van der Waals surface area contributed by atoms with Crippen LogP contribution in [0.2, 0.25) is 0 Å². The van der Waals surface area contributed by atoms with Crippen molar-refractivity contribution in [3.63, 3.8) is 0 Å². The van der Waals surface area contributed by atoms with Crippen LogP contribution in [0.25, 0.3) is 0 Å². The number of hydrogen-bond acceptors (Lipinski definition) is 4. The summed E-state index contributed by atoms with van der Waals surface area (Å²) in [5.41, 5.74) is 1.21. The molecule has 1 aromatic carbocycles. The molecule has 1 aliphatic heterocycles. The second kappa shape index (κ2) is 4.87. The molecule has 1 heterocycles. The number of benzene rings is 1. The van der Waals surface area contributed by atoms with Gasteiger partial charge in [-0.3, -0.25) is 14.9 Å². The van der Waals surface area contributed by atoms with Gasteiger partial charge in [0.1, 0.15) is 0 Å². The zero-order valence-electron chi connectivity index (χ0n) is 9.51. The summed E-state index contributed by atoms with van der Waals surface area (Å²) in [7, 11) is 0. The lowest BCUT2D eigenvalue weighted by Gasteiger charge is -2.08. The Morgan fingerprint density at radius 1 is 1.53 bits per heavy atom. The highest BCUT2D eigenvalue weighted by molar-refractivity contribution is 8.00. The Morgan fingerprint density at radius 3 is 2.82 bits per heavy atom. The summed E-state index contributed by atoms with van der Waals surface area (Å²) < 4.78 is 0. The van der Waals surface area contributed by atoms with E-state index < -0.39 is 4.92 Å². The number of carbonyl (C=O) groups is 1. The average molecular weight is 251 g/mol. The first-order chi connectivity index (χ1) is 8.09. The highest BCUT2D eigenvalue weighted by Gasteiger charge is 2.25. The molecular formula is C12H13NO3S. The molecule has 0 radical (unpaired) electrons. The van der Waals surface area contributed by atoms with E-state index in [0.717, 1.165) is 18.6 Å². The van der Waals surface area contributed by atoms with Gasteiger partial charge in [0.25, 0.3) is 5.69 Å². The number of nitro groups is 1. The first kappa shape index (κ1) is 12.1. The highest BCUT2D eigenvalue weighted by atomic mass is 32.2. The molecule has 0 bridgehead atoms. The smallest absolute Gasteiger partial charge is 0.272 e. The van der Waals surface area contributed by atoms with Crippen LogP contribution in [0.1, 0.15) is 28.8 Å². The van der Waals surface area contributed by atoms with Crippen molar-refractivity contribution >= 4 is 23.2 Å². The number of ketones is 1. The van der Waals surface area contributed by atoms with Crippen molar-refractivity contribution in [3.8, 4) is 0 Å². The molecule has 1 fully saturated rings. The molecule has 0 spiro atoms. The molecule has 4 nitrogen and oxygen atoms in total. The normalized spacial score (nSPS) is 19.2. The number of aryl methyl sites for hydroxylation is 1. The molecule has 0 aliphatic carbocycles. The SMILES string of the molecule is Cc1cc(C(=O)C2CCCS2)ccc1[N+](=O)[O-]. The van der Waals surface area contributed by atoms with Gasteiger partial charge in [-0.05, 0) is 37.7 Å². The Morgan fingerprint density at radius 2 is 2.29 bits per heavy atom. The Kier molecular flexibility index (Phi) is 3.47. The molecule has 0 N–H and O–H groups in total. The van der Waals surface area contributed by atoms with Crippen molar-refractivity contribution in [2.75, 3.05) is 5.75 Å². The highest BCUT2D eigenvalue weighted by Crippen LogP contribution is 2.30. The van der Waals surface area contributed by atoms with Crippen LogP contribution < -0.4 is 0 Å². The molecule has 0 aromatic heterocycles. The maximum atomic E-state index is 12.1. The molecule has 1 unspecified atom stereocenters. The number of carbonyl (C=O) groups excluding carboxylic acids is 1. The Labute approximate surface area is 104 Å². The minimum Gasteiger partial charge on any atom is -0.293 e. The van der Waals surface area contributed by atoms with Crippen LogP contribution in [-0.2, 0) is 0 Å². The fraction of sp³-hybridized carbons (Fsp3) is 0.417. The van der Waals surface area contributed by atoms with Crippen molar-refractivity contribution < 1.29 is 9.72 Å². The van der Waals surface area contributed by atoms with Crippen molar-refractivity contribution in [2.24, 2.45) is 0 Å². The predicted molar refractivity (Wildman–Crippen MR) is 67.6 cm³/mol. The van der Waals surface area contributed by atoms with Gasteiger partial charge in [-0.25, -0.2) is 0 Å². The second-order valence-electron chi connectivity index (χ2n) is 4.12. The summed E-state index contributed by atoms with van der Waals surface area (Å²) in [6.07, 6.45) is 1.99. The molecule has 0 amide bonds. The van der Waals surface area contributed by atoms with Crippen LogP contribution in [0.4, 0.5) is 5.69 Å². The van der Waals surface area contributed by atoms with Gasteiger partial charge in [-0.2, -0.15) is 11.8 Å². The number of hydrogen-bond donors (Lipinski definition) is 0. The van der Waals surface area contributed by atoms with Crippen molar-refractivity contribution in [1.82, 2.24) is 0 Å². The summed E-state index contributed by atoms with van der Waals surface area (Å²) in [4.78, 5) is 22.3. The van der Waals surface area contributed by atoms with Crippen LogP contribution in [0.5, 0.6) is 0 Å². The van der Waals surface area contributed by atoms with Crippen molar-refractivity contribution in [3.05, 3.63) is 39.4 Å². The zero-order valence-corrected chi connectivity index (χ0v) is 10.3. The Bertz CT molecular complexity index is 467. The second-order valence-corrected chi connectivity index (χ2v) is 5.43. The fourth-order valence-electron chi connectivity index (χ4n) is 1.98. The lowest BCUT2D eigenvalue weighted by atomic mass is 10.0. The summed E-state index contributed by atoms with van der Waals surface area (Å²) in [6.45, 7) is 1.66. The number of nitrogens with zero attached hydrogens (tertiary/aromatic N) is 1. The molecule has 5 heteroatoms. The predicted octanol–water partition coefficient (Wildman–Crippen LogP) is 2.98. The van der Waals surface area contributed by atoms with Gasteiger partial charge in [0.2, 0.25) is 0 Å². The van der Waals surface area contributed by atoms with E-state index in [1.54, 1.807) is 30.8 Å². The van der Waals surface area contributed by atoms with E-state index in [0.29, 0.717) is 11.1 Å². The molecule has 1 saturated heterocycles. The third-order valence-electron chi connectivity index (χ3n) is 2.90. The number of rotatable bonds is 3. The molecule has 2 rings (SSSR count). The van der Waals surface area contributed by atoms with Gasteiger partial charge in [0.15, 0.2) is 5.78 Å². The van der Waals surface area contributed by atoms with Gasteiger partial charge in [0.05, 0.1) is 10.2 Å². The molecule has 1 atom stereocenters. The molecule has 1 aliphatic rings. The molecule has 90 valence electrons. The van der Waals surface area contributed by atoms with Gasteiger partial charge in [0, 0.05) is 17.2 Å². The quantitative estimate of drug-likeness (QED) is 0.470. The van der Waals surface area contributed by atoms with E-state index >= 15 is 0 Å². The van der Waals surface area contributed by atoms with E-state index in [1.807, 2.05) is 0 Å². The first-order valence-electron chi connectivity index (χ1n) is 5.50. The maximum absolute atomic E-state index is 12.1. The maximum Gasteiger partial charge on any atom is 0.272 e. The van der Waals surface area contributed by atoms with Crippen LogP contribution in [0.3, 0.4) is 0 Å². The standard InChI is InChI=1S/C12H13NO3S/c1-8-7-9(4-5-10(8)13(15)16)12(14)11-3-2-6-17-11/h4-5,7,11H,2-3,6H2,1H3. The van der Waals surface area contributed by atoms with Gasteiger partial charge in [-0.1, -0.05) is 0 Å². The van der Waals surface area contributed by atoms with Crippen LogP contribution in [0, 0.1) is 17.0 Å². The lowest BCUT2D eigenvalue weighted by molar-refractivity contribution is -0.385. The van der Waals surface area contributed by atoms with E-state index in [1.165, 1.54) is 6.07 Å². The van der Waals surface area contributed by atoms with Gasteiger partial charge in [-0.15, -0.1) is 0 Å². The summed E-state index contributed by atoms with van der Waals surface area (Å²) in [5, 5.41) is 10.7. The van der Waals surface area contributed by atoms with Crippen LogP contribution >= 0.6 is 11.8 Å². The Hall–Kier alpha value is -1.36. The number of thioether (sulfide) groups is 1. The van der Waals surface area contributed by atoms with E-state index in [9.17, 15) is 14.9 Å². The minimum atomic E-state index is -0.423. The summed E-state index contributed by atoms with van der Waals surface area (Å²) in [6, 6.07) is 4.61. The van der Waals surface area contributed by atoms with Crippen LogP contribution in [0.15, 0.2) is 18.2 Å². The van der Waals surface area contributed by atoms with Crippen LogP contribution in [-0.4, -0.2) is 21.7 Å². The summed E-state index contributed by atoms with van der Waals surface area (Å²) >= 11 is 1.68. The fourth-order valence-corrected chi connectivity index (χ4v) is 3.22. The topological polar surface area (TPSA) is 60.2 Å². The van der Waals surface area contributed by atoms with E-state index in [2.05, 4.69) is 0 Å². The third kappa shape index (κ3) is 2.49. The summed E-state index contributed by atoms with van der Waals surface area (Å²) in [5.74, 6) is 1.13. The zero-order chi connectivity index (χ0) is 12.4. The average Bonchev–Trinajstić information content (AvgIpc) is 2.80. The van der Waals surface area contributed by atoms with Crippen molar-refractivity contribution in [2.45, 2.75) is 25.0 Å². The number of nitro benzene ring substituents is 1. The van der Waals surface area contributed by atoms with E-state index in [-0.39, 0.29) is 16.7 Å². The largest absolute Gasteiger partial charge is 0.293 e. The molecular weight excluding hydrogens is 238 g/mol. The van der Waals surface area contributed by atoms with Crippen molar-refractivity contribution in [1.29, 1.82) is 0 Å².